The third-order valence-corrected chi connectivity index (χ3v) is 3.51. The molecule has 0 aromatic carbocycles. The molecule has 1 amide bonds. The minimum Gasteiger partial charge on any atom is -0.326 e. The first-order valence-corrected chi connectivity index (χ1v) is 7.03. The molecule has 0 bridgehead atoms. The second-order valence-electron chi connectivity index (χ2n) is 5.88. The van der Waals surface area contributed by atoms with Crippen molar-refractivity contribution in [1.29, 1.82) is 0 Å². The second-order valence-corrected chi connectivity index (χ2v) is 5.88. The van der Waals surface area contributed by atoms with Crippen LogP contribution < -0.4 is 5.32 Å². The summed E-state index contributed by atoms with van der Waals surface area (Å²) in [6.45, 7) is 11.8. The van der Waals surface area contributed by atoms with E-state index in [1.165, 1.54) is 6.42 Å². The molecule has 3 heteroatoms. The minimum absolute atomic E-state index is 0.0430. The molecule has 1 heterocycles. The highest BCUT2D eigenvalue weighted by molar-refractivity contribution is 5.84. The maximum absolute atomic E-state index is 12.2. The van der Waals surface area contributed by atoms with E-state index >= 15 is 0 Å². The van der Waals surface area contributed by atoms with E-state index in [9.17, 15) is 4.79 Å². The van der Waals surface area contributed by atoms with E-state index in [0.29, 0.717) is 11.8 Å². The molecule has 2 atom stereocenters. The molecule has 0 aromatic heterocycles. The summed E-state index contributed by atoms with van der Waals surface area (Å²) in [6, 6.07) is 0.0430. The summed E-state index contributed by atoms with van der Waals surface area (Å²) in [6.07, 6.45) is 3.44. The largest absolute Gasteiger partial charge is 0.326 e. The Morgan fingerprint density at radius 3 is 2.41 bits per heavy atom. The van der Waals surface area contributed by atoms with Crippen molar-refractivity contribution in [2.45, 2.75) is 66.1 Å². The van der Waals surface area contributed by atoms with Gasteiger partial charge in [0.05, 0.1) is 12.2 Å². The summed E-state index contributed by atoms with van der Waals surface area (Å²) in [5.41, 5.74) is 0. The van der Waals surface area contributed by atoms with E-state index in [1.54, 1.807) is 0 Å². The summed E-state index contributed by atoms with van der Waals surface area (Å²) < 4.78 is 0. The highest BCUT2D eigenvalue weighted by Gasteiger charge is 2.38. The van der Waals surface area contributed by atoms with Crippen LogP contribution >= 0.6 is 0 Å². The Balaban J connectivity index is 2.56. The Labute approximate surface area is 106 Å². The van der Waals surface area contributed by atoms with Crippen molar-refractivity contribution in [3.8, 4) is 0 Å². The fourth-order valence-electron chi connectivity index (χ4n) is 2.47. The van der Waals surface area contributed by atoms with Crippen LogP contribution in [-0.4, -0.2) is 29.6 Å². The van der Waals surface area contributed by atoms with Gasteiger partial charge in [-0.3, -0.25) is 10.1 Å². The van der Waals surface area contributed by atoms with Crippen LogP contribution in [0.1, 0.15) is 53.9 Å². The quantitative estimate of drug-likeness (QED) is 0.774. The molecule has 0 aliphatic carbocycles. The Bertz CT molecular complexity index is 251. The number of amides is 1. The van der Waals surface area contributed by atoms with Gasteiger partial charge in [-0.15, -0.1) is 0 Å². The van der Waals surface area contributed by atoms with Crippen LogP contribution in [0.5, 0.6) is 0 Å². The maximum atomic E-state index is 12.2. The third-order valence-electron chi connectivity index (χ3n) is 3.51. The van der Waals surface area contributed by atoms with Crippen LogP contribution in [0.25, 0.3) is 0 Å². The first-order valence-electron chi connectivity index (χ1n) is 7.03. The van der Waals surface area contributed by atoms with E-state index < -0.39 is 0 Å². The topological polar surface area (TPSA) is 32.3 Å². The second kappa shape index (κ2) is 6.39. The van der Waals surface area contributed by atoms with Crippen molar-refractivity contribution < 1.29 is 4.79 Å². The van der Waals surface area contributed by atoms with Crippen LogP contribution in [0.4, 0.5) is 0 Å². The van der Waals surface area contributed by atoms with Gasteiger partial charge in [-0.2, -0.15) is 0 Å². The van der Waals surface area contributed by atoms with Gasteiger partial charge >= 0.3 is 0 Å². The van der Waals surface area contributed by atoms with Crippen molar-refractivity contribution in [2.75, 3.05) is 6.54 Å². The summed E-state index contributed by atoms with van der Waals surface area (Å²) >= 11 is 0. The van der Waals surface area contributed by atoms with Gasteiger partial charge in [0.2, 0.25) is 5.91 Å². The van der Waals surface area contributed by atoms with Crippen LogP contribution in [0.15, 0.2) is 0 Å². The number of nitrogens with zero attached hydrogens (tertiary/aromatic N) is 1. The van der Waals surface area contributed by atoms with E-state index in [1.807, 2.05) is 0 Å². The minimum atomic E-state index is 0.0430. The zero-order valence-electron chi connectivity index (χ0n) is 12.0. The lowest BCUT2D eigenvalue weighted by Gasteiger charge is -2.27. The lowest BCUT2D eigenvalue weighted by molar-refractivity contribution is -0.130. The number of nitrogens with one attached hydrogen (secondary N) is 1. The van der Waals surface area contributed by atoms with E-state index in [2.05, 4.69) is 44.8 Å². The Morgan fingerprint density at radius 1 is 1.29 bits per heavy atom. The molecule has 0 radical (unpaired) electrons. The zero-order chi connectivity index (χ0) is 13.0. The van der Waals surface area contributed by atoms with Gasteiger partial charge in [0, 0.05) is 6.54 Å². The lowest BCUT2D eigenvalue weighted by Crippen LogP contribution is -2.42. The Kier molecular flexibility index (Phi) is 5.44. The summed E-state index contributed by atoms with van der Waals surface area (Å²) in [5.74, 6) is 1.50. The molecular formula is C14H28N2O. The van der Waals surface area contributed by atoms with Gasteiger partial charge in [0.1, 0.15) is 0 Å². The molecule has 3 nitrogen and oxygen atoms in total. The fraction of sp³-hybridized carbons (Fsp3) is 0.929. The molecule has 1 aliphatic rings. The van der Waals surface area contributed by atoms with E-state index in [0.717, 1.165) is 25.3 Å². The maximum Gasteiger partial charge on any atom is 0.241 e. The standard InChI is InChI=1S/C14H28N2O/c1-6-12-14(17)16(9-7-8-10(2)3)13(15-12)11(4)5/h10-13,15H,6-9H2,1-5H3. The predicted molar refractivity (Wildman–Crippen MR) is 71.6 cm³/mol. The smallest absolute Gasteiger partial charge is 0.241 e. The van der Waals surface area contributed by atoms with Gasteiger partial charge in [-0.1, -0.05) is 34.6 Å². The lowest BCUT2D eigenvalue weighted by atomic mass is 10.1. The Morgan fingerprint density at radius 2 is 1.94 bits per heavy atom. The summed E-state index contributed by atoms with van der Waals surface area (Å²) in [5, 5.41) is 3.45. The van der Waals surface area contributed by atoms with Gasteiger partial charge in [-0.25, -0.2) is 0 Å². The molecule has 1 fully saturated rings. The number of hydrogen-bond acceptors (Lipinski definition) is 2. The first kappa shape index (κ1) is 14.5. The third kappa shape index (κ3) is 3.70. The molecule has 1 rings (SSSR count). The normalized spacial score (nSPS) is 25.4. The van der Waals surface area contributed by atoms with Gasteiger partial charge in [0.15, 0.2) is 0 Å². The summed E-state index contributed by atoms with van der Waals surface area (Å²) in [7, 11) is 0. The fourth-order valence-corrected chi connectivity index (χ4v) is 2.47. The average molecular weight is 240 g/mol. The van der Waals surface area contributed by atoms with Crippen LogP contribution in [0, 0.1) is 11.8 Å². The zero-order valence-corrected chi connectivity index (χ0v) is 12.0. The van der Waals surface area contributed by atoms with Gasteiger partial charge in [0.25, 0.3) is 0 Å². The molecule has 1 aliphatic heterocycles. The number of carbonyl (C=O) groups excluding carboxylic acids is 1. The van der Waals surface area contributed by atoms with Crippen molar-refractivity contribution in [3.05, 3.63) is 0 Å². The van der Waals surface area contributed by atoms with Gasteiger partial charge in [-0.05, 0) is 31.1 Å². The molecule has 100 valence electrons. The molecular weight excluding hydrogens is 212 g/mol. The monoisotopic (exact) mass is 240 g/mol. The molecule has 1 saturated heterocycles. The predicted octanol–water partition coefficient (Wildman–Crippen LogP) is 2.62. The number of carbonyl (C=O) groups is 1. The van der Waals surface area contributed by atoms with Crippen LogP contribution in [0.2, 0.25) is 0 Å². The average Bonchev–Trinajstić information content (AvgIpc) is 2.56. The molecule has 1 N–H and O–H groups in total. The number of rotatable bonds is 6. The Hall–Kier alpha value is -0.570. The summed E-state index contributed by atoms with van der Waals surface area (Å²) in [4.78, 5) is 14.2. The first-order chi connectivity index (χ1) is 7.97. The van der Waals surface area contributed by atoms with Crippen molar-refractivity contribution in [2.24, 2.45) is 11.8 Å². The van der Waals surface area contributed by atoms with E-state index in [-0.39, 0.29) is 12.2 Å². The van der Waals surface area contributed by atoms with Crippen molar-refractivity contribution >= 4 is 5.91 Å². The van der Waals surface area contributed by atoms with Crippen LogP contribution in [-0.2, 0) is 4.79 Å². The molecule has 0 saturated carbocycles. The molecule has 0 spiro atoms. The highest BCUT2D eigenvalue weighted by Crippen LogP contribution is 2.20. The van der Waals surface area contributed by atoms with Gasteiger partial charge < -0.3 is 4.90 Å². The van der Waals surface area contributed by atoms with E-state index in [4.69, 9.17) is 0 Å². The highest BCUT2D eigenvalue weighted by atomic mass is 16.2. The molecule has 0 aromatic rings. The van der Waals surface area contributed by atoms with Crippen molar-refractivity contribution in [1.82, 2.24) is 10.2 Å². The molecule has 2 unspecified atom stereocenters. The number of hydrogen-bond donors (Lipinski definition) is 1. The van der Waals surface area contributed by atoms with Crippen LogP contribution in [0.3, 0.4) is 0 Å². The molecule has 17 heavy (non-hydrogen) atoms. The van der Waals surface area contributed by atoms with Crippen molar-refractivity contribution in [3.63, 3.8) is 0 Å². The SMILES string of the molecule is CCC1NC(C(C)C)N(CCCC(C)C)C1=O.